The van der Waals surface area contributed by atoms with E-state index >= 15 is 0 Å². The van der Waals surface area contributed by atoms with Gasteiger partial charge in [0.1, 0.15) is 22.5 Å². The summed E-state index contributed by atoms with van der Waals surface area (Å²) in [5, 5.41) is 7.07. The first kappa shape index (κ1) is 27.8. The minimum atomic E-state index is -0.0139. The zero-order chi connectivity index (χ0) is 27.1. The number of unbranched alkanes of at least 4 members (excludes halogenated alkanes) is 5. The number of rotatable bonds is 13. The summed E-state index contributed by atoms with van der Waals surface area (Å²) in [4.78, 5) is 33.8. The number of aromatic nitrogens is 2. The molecule has 0 aliphatic carbocycles. The molecule has 202 valence electrons. The Morgan fingerprint density at radius 1 is 0.684 bits per heavy atom. The van der Waals surface area contributed by atoms with Crippen molar-refractivity contribution in [1.29, 1.82) is 0 Å². The fourth-order valence-electron chi connectivity index (χ4n) is 4.30. The van der Waals surface area contributed by atoms with Gasteiger partial charge in [-0.1, -0.05) is 60.5 Å². The number of carbonyl (C=O) groups is 2. The molecular formula is C28H34N4O4S2. The fraction of sp³-hybridized carbons (Fsp3) is 0.429. The predicted molar refractivity (Wildman–Crippen MR) is 156 cm³/mol. The predicted octanol–water partition coefficient (Wildman–Crippen LogP) is 7.24. The summed E-state index contributed by atoms with van der Waals surface area (Å²) >= 11 is 2.95. The number of hydrogen-bond acceptors (Lipinski definition) is 8. The normalized spacial score (nSPS) is 11.2. The molecule has 2 aromatic carbocycles. The molecule has 2 aromatic heterocycles. The van der Waals surface area contributed by atoms with Crippen LogP contribution in [0.1, 0.15) is 62.5 Å². The van der Waals surface area contributed by atoms with Crippen LogP contribution in [-0.4, -0.2) is 36.0 Å². The summed E-state index contributed by atoms with van der Waals surface area (Å²) in [7, 11) is 3.25. The quantitative estimate of drug-likeness (QED) is 0.169. The topological polar surface area (TPSA) is 102 Å². The van der Waals surface area contributed by atoms with Crippen molar-refractivity contribution in [2.75, 3.05) is 24.9 Å². The average molecular weight is 555 g/mol. The largest absolute Gasteiger partial charge is 0.494 e. The van der Waals surface area contributed by atoms with Crippen LogP contribution in [0.25, 0.3) is 20.4 Å². The maximum Gasteiger partial charge on any atom is 0.226 e. The van der Waals surface area contributed by atoms with Gasteiger partial charge in [0.05, 0.1) is 23.6 Å². The lowest BCUT2D eigenvalue weighted by Gasteiger charge is -2.03. The minimum absolute atomic E-state index is 0.0139. The Morgan fingerprint density at radius 2 is 1.08 bits per heavy atom. The SMILES string of the molecule is COc1ccc(C)c2sc(NC(=O)CCCCCCCCC(=O)Nc3nc4c(OC)ccc(C)c4s3)nc12. The van der Waals surface area contributed by atoms with Crippen LogP contribution in [0.3, 0.4) is 0 Å². The number of carbonyl (C=O) groups excluding carboxylic acids is 2. The smallest absolute Gasteiger partial charge is 0.226 e. The summed E-state index contributed by atoms with van der Waals surface area (Å²) in [5.41, 5.74) is 3.81. The molecule has 2 heterocycles. The van der Waals surface area contributed by atoms with Gasteiger partial charge in [-0.15, -0.1) is 0 Å². The zero-order valence-electron chi connectivity index (χ0n) is 22.3. The van der Waals surface area contributed by atoms with Crippen LogP contribution >= 0.6 is 22.7 Å². The number of nitrogens with zero attached hydrogens (tertiary/aromatic N) is 2. The van der Waals surface area contributed by atoms with E-state index in [0.29, 0.717) is 34.6 Å². The number of hydrogen-bond donors (Lipinski definition) is 2. The molecule has 0 spiro atoms. The molecule has 0 aliphatic rings. The number of amides is 2. The van der Waals surface area contributed by atoms with E-state index in [1.165, 1.54) is 22.7 Å². The van der Waals surface area contributed by atoms with Gasteiger partial charge in [0.25, 0.3) is 0 Å². The lowest BCUT2D eigenvalue weighted by molar-refractivity contribution is -0.117. The molecule has 0 unspecified atom stereocenters. The summed E-state index contributed by atoms with van der Waals surface area (Å²) < 4.78 is 12.8. The van der Waals surface area contributed by atoms with Crippen molar-refractivity contribution in [1.82, 2.24) is 9.97 Å². The molecular weight excluding hydrogens is 520 g/mol. The summed E-state index contributed by atoms with van der Waals surface area (Å²) in [6, 6.07) is 7.80. The van der Waals surface area contributed by atoms with E-state index in [1.54, 1.807) is 14.2 Å². The van der Waals surface area contributed by atoms with Gasteiger partial charge in [-0.25, -0.2) is 9.97 Å². The molecule has 4 aromatic rings. The van der Waals surface area contributed by atoms with Gasteiger partial charge in [-0.2, -0.15) is 0 Å². The first-order valence-corrected chi connectivity index (χ1v) is 14.5. The maximum atomic E-state index is 12.4. The van der Waals surface area contributed by atoms with Crippen LogP contribution in [-0.2, 0) is 9.59 Å². The number of anilines is 2. The van der Waals surface area contributed by atoms with Gasteiger partial charge >= 0.3 is 0 Å². The van der Waals surface area contributed by atoms with Crippen molar-refractivity contribution in [3.8, 4) is 11.5 Å². The van der Waals surface area contributed by atoms with Gasteiger partial charge in [0.15, 0.2) is 10.3 Å². The number of benzene rings is 2. The van der Waals surface area contributed by atoms with Gasteiger partial charge in [0, 0.05) is 12.8 Å². The van der Waals surface area contributed by atoms with E-state index in [2.05, 4.69) is 20.6 Å². The van der Waals surface area contributed by atoms with Crippen molar-refractivity contribution in [3.63, 3.8) is 0 Å². The van der Waals surface area contributed by atoms with Crippen LogP contribution in [0, 0.1) is 13.8 Å². The third-order valence-electron chi connectivity index (χ3n) is 6.40. The molecule has 2 N–H and O–H groups in total. The van der Waals surface area contributed by atoms with Crippen molar-refractivity contribution in [2.24, 2.45) is 0 Å². The average Bonchev–Trinajstić information content (AvgIpc) is 3.51. The second-order valence-corrected chi connectivity index (χ2v) is 11.3. The van der Waals surface area contributed by atoms with Crippen LogP contribution in [0.4, 0.5) is 10.3 Å². The van der Waals surface area contributed by atoms with Crippen LogP contribution in [0.2, 0.25) is 0 Å². The maximum absolute atomic E-state index is 12.4. The molecule has 2 amide bonds. The number of methoxy groups -OCH3 is 2. The monoisotopic (exact) mass is 554 g/mol. The number of aryl methyl sites for hydroxylation is 2. The molecule has 0 radical (unpaired) electrons. The van der Waals surface area contributed by atoms with Crippen LogP contribution in [0.5, 0.6) is 11.5 Å². The Balaban J connectivity index is 1.10. The second kappa shape index (κ2) is 13.0. The van der Waals surface area contributed by atoms with Gasteiger partial charge < -0.3 is 20.1 Å². The van der Waals surface area contributed by atoms with Crippen molar-refractivity contribution >= 4 is 65.2 Å². The zero-order valence-corrected chi connectivity index (χ0v) is 23.9. The Morgan fingerprint density at radius 3 is 1.47 bits per heavy atom. The Labute approximate surface area is 230 Å². The Hall–Kier alpha value is -3.24. The van der Waals surface area contributed by atoms with E-state index in [-0.39, 0.29) is 11.8 Å². The van der Waals surface area contributed by atoms with Gasteiger partial charge in [0.2, 0.25) is 11.8 Å². The Kier molecular flexibility index (Phi) is 9.52. The second-order valence-electron chi connectivity index (χ2n) is 9.28. The van der Waals surface area contributed by atoms with E-state index in [4.69, 9.17) is 9.47 Å². The lowest BCUT2D eigenvalue weighted by atomic mass is 10.1. The molecule has 0 saturated heterocycles. The number of fused-ring (bicyclic) bond motifs is 2. The fourth-order valence-corrected chi connectivity index (χ4v) is 6.23. The van der Waals surface area contributed by atoms with E-state index in [9.17, 15) is 9.59 Å². The van der Waals surface area contributed by atoms with E-state index < -0.39 is 0 Å². The highest BCUT2D eigenvalue weighted by Gasteiger charge is 2.14. The van der Waals surface area contributed by atoms with Crippen LogP contribution < -0.4 is 20.1 Å². The standard InChI is InChI=1S/C28H34N4O4S2/c1-17-13-15-19(35-3)23-25(17)37-27(31-23)29-21(33)11-9-7-5-6-8-10-12-22(34)30-28-32-24-20(36-4)16-14-18(2)26(24)38-28/h13-16H,5-12H2,1-4H3,(H,29,31,33)(H,30,32,34). The summed E-state index contributed by atoms with van der Waals surface area (Å²) in [6.45, 7) is 4.05. The highest BCUT2D eigenvalue weighted by Crippen LogP contribution is 2.36. The Bertz CT molecular complexity index is 1320. The molecule has 0 saturated carbocycles. The highest BCUT2D eigenvalue weighted by atomic mass is 32.1. The van der Waals surface area contributed by atoms with E-state index in [0.717, 1.165) is 70.1 Å². The van der Waals surface area contributed by atoms with Gasteiger partial charge in [-0.05, 0) is 49.9 Å². The van der Waals surface area contributed by atoms with Crippen molar-refractivity contribution in [2.45, 2.75) is 65.2 Å². The molecule has 0 fully saturated rings. The molecule has 4 rings (SSSR count). The summed E-state index contributed by atoms with van der Waals surface area (Å²) in [5.74, 6) is 1.40. The molecule has 0 atom stereocenters. The molecule has 0 aliphatic heterocycles. The number of ether oxygens (including phenoxy) is 2. The minimum Gasteiger partial charge on any atom is -0.494 e. The molecule has 8 nitrogen and oxygen atoms in total. The van der Waals surface area contributed by atoms with E-state index in [1.807, 2.05) is 38.1 Å². The van der Waals surface area contributed by atoms with Crippen molar-refractivity contribution < 1.29 is 19.1 Å². The molecule has 0 bridgehead atoms. The molecule has 10 heteroatoms. The first-order chi connectivity index (χ1) is 18.4. The van der Waals surface area contributed by atoms with Crippen molar-refractivity contribution in [3.05, 3.63) is 35.4 Å². The molecule has 38 heavy (non-hydrogen) atoms. The number of thiazole rings is 2. The highest BCUT2D eigenvalue weighted by molar-refractivity contribution is 7.23. The lowest BCUT2D eigenvalue weighted by Crippen LogP contribution is -2.11. The third-order valence-corrected chi connectivity index (χ3v) is 8.61. The summed E-state index contributed by atoms with van der Waals surface area (Å²) in [6.07, 6.45) is 6.67. The van der Waals surface area contributed by atoms with Crippen LogP contribution in [0.15, 0.2) is 24.3 Å². The number of nitrogens with one attached hydrogen (secondary N) is 2. The first-order valence-electron chi connectivity index (χ1n) is 12.9. The van der Waals surface area contributed by atoms with Gasteiger partial charge in [-0.3, -0.25) is 9.59 Å². The third kappa shape index (κ3) is 6.79.